The number of unbranched alkanes of at least 4 members (excludes halogenated alkanes) is 43. The number of hydrogen-bond donors (Lipinski definition) is 9. The van der Waals surface area contributed by atoms with Crippen LogP contribution in [0.3, 0.4) is 0 Å². The van der Waals surface area contributed by atoms with Crippen LogP contribution in [0, 0.1) is 0 Å². The van der Waals surface area contributed by atoms with E-state index in [-0.39, 0.29) is 18.9 Å². The van der Waals surface area contributed by atoms with Gasteiger partial charge in [-0.25, -0.2) is 0 Å². The molecule has 14 heteroatoms. The minimum absolute atomic E-state index is 0.242. The predicted octanol–water partition coefficient (Wildman–Crippen LogP) is 14.0. The molecule has 0 bridgehead atoms. The number of aliphatic hydroxyl groups excluding tert-OH is 8. The lowest BCUT2D eigenvalue weighted by Gasteiger charge is -2.46. The number of amides is 1. The highest BCUT2D eigenvalue weighted by atomic mass is 16.7. The average Bonchev–Trinajstić information content (AvgIpc) is 3.65. The van der Waals surface area contributed by atoms with E-state index in [1.54, 1.807) is 6.08 Å². The van der Waals surface area contributed by atoms with Gasteiger partial charge in [-0.15, -0.1) is 0 Å². The van der Waals surface area contributed by atoms with Crippen molar-refractivity contribution in [1.82, 2.24) is 5.32 Å². The van der Waals surface area contributed by atoms with Crippen molar-refractivity contribution in [3.8, 4) is 0 Å². The number of ether oxygens (including phenoxy) is 4. The zero-order chi connectivity index (χ0) is 60.2. The second kappa shape index (κ2) is 54.6. The van der Waals surface area contributed by atoms with Gasteiger partial charge in [0.15, 0.2) is 12.6 Å². The van der Waals surface area contributed by atoms with Gasteiger partial charge in [0, 0.05) is 6.42 Å². The molecule has 2 heterocycles. The monoisotopic (exact) mass is 1180 g/mol. The summed E-state index contributed by atoms with van der Waals surface area (Å²) in [5, 5.41) is 87.4. The van der Waals surface area contributed by atoms with Gasteiger partial charge >= 0.3 is 0 Å². The van der Waals surface area contributed by atoms with Gasteiger partial charge < -0.3 is 65.1 Å². The van der Waals surface area contributed by atoms with E-state index < -0.39 is 86.8 Å². The van der Waals surface area contributed by atoms with Gasteiger partial charge in [0.2, 0.25) is 5.91 Å². The molecule has 83 heavy (non-hydrogen) atoms. The van der Waals surface area contributed by atoms with Crippen LogP contribution in [0.25, 0.3) is 0 Å². The van der Waals surface area contributed by atoms with Crippen LogP contribution in [0.15, 0.2) is 24.3 Å². The van der Waals surface area contributed by atoms with Crippen molar-refractivity contribution in [3.05, 3.63) is 24.3 Å². The van der Waals surface area contributed by atoms with E-state index >= 15 is 0 Å². The van der Waals surface area contributed by atoms with Crippen molar-refractivity contribution in [2.45, 2.75) is 389 Å². The summed E-state index contributed by atoms with van der Waals surface area (Å²) in [5.74, 6) is -0.242. The molecule has 0 aliphatic carbocycles. The molecule has 0 aromatic carbocycles. The Hall–Kier alpha value is -1.53. The van der Waals surface area contributed by atoms with Gasteiger partial charge in [-0.05, 0) is 32.1 Å². The lowest BCUT2D eigenvalue weighted by molar-refractivity contribution is -0.359. The van der Waals surface area contributed by atoms with Gasteiger partial charge in [-0.1, -0.05) is 301 Å². The molecule has 0 aromatic rings. The predicted molar refractivity (Wildman–Crippen MR) is 337 cm³/mol. The lowest BCUT2D eigenvalue weighted by Crippen LogP contribution is -2.65. The number of carbonyl (C=O) groups excluding carboxylic acids is 1. The molecule has 12 atom stereocenters. The molecule has 1 amide bonds. The van der Waals surface area contributed by atoms with Crippen molar-refractivity contribution in [2.75, 3.05) is 19.8 Å². The first-order valence-electron chi connectivity index (χ1n) is 35.1. The Morgan fingerprint density at radius 2 is 0.771 bits per heavy atom. The summed E-state index contributed by atoms with van der Waals surface area (Å²) < 4.78 is 22.8. The van der Waals surface area contributed by atoms with Gasteiger partial charge in [-0.3, -0.25) is 4.79 Å². The fraction of sp³-hybridized carbons (Fsp3) is 0.928. The SMILES string of the molecule is CCCCCCCCCCCCCCCCCCCCCCC/C=C/CC/C=C/C(O)C(COC1OC(CO)C(OC2OC(CO)C(O)C(O)C2O)C(O)C1O)NC(=O)CCCCCCCCCCCCCCCCCCCCCCCC. The number of nitrogens with one attached hydrogen (secondary N) is 1. The highest BCUT2D eigenvalue weighted by molar-refractivity contribution is 5.76. The minimum Gasteiger partial charge on any atom is -0.394 e. The van der Waals surface area contributed by atoms with Gasteiger partial charge in [0.25, 0.3) is 0 Å². The second-order valence-electron chi connectivity index (χ2n) is 25.0. The van der Waals surface area contributed by atoms with Crippen LogP contribution in [-0.2, 0) is 23.7 Å². The molecule has 0 spiro atoms. The molecule has 490 valence electrons. The van der Waals surface area contributed by atoms with E-state index in [9.17, 15) is 45.6 Å². The minimum atomic E-state index is -1.79. The van der Waals surface area contributed by atoms with E-state index in [1.807, 2.05) is 6.08 Å². The van der Waals surface area contributed by atoms with Crippen molar-refractivity contribution in [3.63, 3.8) is 0 Å². The smallest absolute Gasteiger partial charge is 0.220 e. The summed E-state index contributed by atoms with van der Waals surface area (Å²) >= 11 is 0. The number of rotatable bonds is 58. The largest absolute Gasteiger partial charge is 0.394 e. The van der Waals surface area contributed by atoms with Crippen LogP contribution < -0.4 is 5.32 Å². The van der Waals surface area contributed by atoms with E-state index in [0.717, 1.165) is 32.1 Å². The van der Waals surface area contributed by atoms with Crippen LogP contribution in [0.2, 0.25) is 0 Å². The molecule has 12 unspecified atom stereocenters. The van der Waals surface area contributed by atoms with Crippen LogP contribution in [-0.4, -0.2) is 140 Å². The molecule has 9 N–H and O–H groups in total. The van der Waals surface area contributed by atoms with Gasteiger partial charge in [-0.2, -0.15) is 0 Å². The van der Waals surface area contributed by atoms with Crippen molar-refractivity contribution in [1.29, 1.82) is 0 Å². The molecule has 0 saturated carbocycles. The summed E-state index contributed by atoms with van der Waals surface area (Å²) in [6, 6.07) is -0.929. The number of allylic oxidation sites excluding steroid dienone is 3. The quantitative estimate of drug-likeness (QED) is 0.0204. The lowest BCUT2D eigenvalue weighted by atomic mass is 9.97. The Kier molecular flexibility index (Phi) is 51.0. The molecule has 2 aliphatic heterocycles. The van der Waals surface area contributed by atoms with Crippen LogP contribution in [0.4, 0.5) is 0 Å². The third-order valence-corrected chi connectivity index (χ3v) is 17.4. The maximum absolute atomic E-state index is 13.3. The number of hydrogen-bond acceptors (Lipinski definition) is 13. The first-order valence-corrected chi connectivity index (χ1v) is 35.1. The zero-order valence-electron chi connectivity index (χ0n) is 53.2. The molecule has 2 aliphatic rings. The third-order valence-electron chi connectivity index (χ3n) is 17.4. The Labute approximate surface area is 507 Å². The second-order valence-corrected chi connectivity index (χ2v) is 25.0. The first-order chi connectivity index (χ1) is 40.6. The molecular formula is C69H131NO13. The summed E-state index contributed by atoms with van der Waals surface area (Å²) in [7, 11) is 0. The summed E-state index contributed by atoms with van der Waals surface area (Å²) in [4.78, 5) is 13.3. The first kappa shape index (κ1) is 77.6. The summed E-state index contributed by atoms with van der Waals surface area (Å²) in [6.45, 7) is 2.84. The zero-order valence-corrected chi connectivity index (χ0v) is 53.2. The van der Waals surface area contributed by atoms with Crippen LogP contribution in [0.1, 0.15) is 316 Å². The molecular weight excluding hydrogens is 1050 g/mol. The molecule has 0 radical (unpaired) electrons. The standard InChI is InChI=1S/C69H131NO13/c1-3-5-7-9-11-13-15-17-19-21-23-25-27-28-29-30-31-32-34-36-38-40-42-44-46-48-50-52-58(73)57(56-80-68-66(79)64(77)67(60(55-72)82-68)83-69-65(78)63(76)62(75)59(54-71)81-69)70-61(74)53-51-49-47-45-43-41-39-37-35-33-26-24-22-20-18-16-14-12-10-8-6-4-2/h42,44,50,52,57-60,62-69,71-73,75-79H,3-41,43,45-49,51,53-56H2,1-2H3,(H,70,74)/b44-42+,52-50+. The van der Waals surface area contributed by atoms with Crippen molar-refractivity contribution >= 4 is 5.91 Å². The highest BCUT2D eigenvalue weighted by Crippen LogP contribution is 2.30. The van der Waals surface area contributed by atoms with E-state index in [4.69, 9.17) is 18.9 Å². The van der Waals surface area contributed by atoms with E-state index in [1.165, 1.54) is 250 Å². The summed E-state index contributed by atoms with van der Waals surface area (Å²) in [5.41, 5.74) is 0. The van der Waals surface area contributed by atoms with E-state index in [0.29, 0.717) is 12.8 Å². The normalized spacial score (nSPS) is 23.9. The van der Waals surface area contributed by atoms with Crippen LogP contribution in [0.5, 0.6) is 0 Å². The van der Waals surface area contributed by atoms with Crippen LogP contribution >= 0.6 is 0 Å². The molecule has 2 fully saturated rings. The summed E-state index contributed by atoms with van der Waals surface area (Å²) in [6.07, 6.45) is 51.0. The van der Waals surface area contributed by atoms with Gasteiger partial charge in [0.1, 0.15) is 48.8 Å². The average molecular weight is 1180 g/mol. The maximum atomic E-state index is 13.3. The number of carbonyl (C=O) groups is 1. The molecule has 2 saturated heterocycles. The fourth-order valence-electron chi connectivity index (χ4n) is 11.8. The van der Waals surface area contributed by atoms with E-state index in [2.05, 4.69) is 31.3 Å². The molecule has 2 rings (SSSR count). The molecule has 14 nitrogen and oxygen atoms in total. The fourth-order valence-corrected chi connectivity index (χ4v) is 11.8. The Morgan fingerprint density at radius 1 is 0.422 bits per heavy atom. The topological polar surface area (TPSA) is 228 Å². The highest BCUT2D eigenvalue weighted by Gasteiger charge is 2.51. The Balaban J connectivity index is 1.70. The third kappa shape index (κ3) is 39.2. The van der Waals surface area contributed by atoms with Crippen molar-refractivity contribution < 1.29 is 64.6 Å². The maximum Gasteiger partial charge on any atom is 0.220 e. The van der Waals surface area contributed by atoms with Crippen molar-refractivity contribution in [2.24, 2.45) is 0 Å². The Morgan fingerprint density at radius 3 is 1.18 bits per heavy atom. The van der Waals surface area contributed by atoms with Gasteiger partial charge in [0.05, 0.1) is 32.0 Å². The molecule has 0 aromatic heterocycles. The number of aliphatic hydroxyl groups is 8. The Bertz CT molecular complexity index is 1490.